The Labute approximate surface area is 167 Å². The van der Waals surface area contributed by atoms with Crippen LogP contribution in [0, 0.1) is 0 Å². The molecule has 2 aromatic rings. The molecule has 0 spiro atoms. The fraction of sp³-hybridized carbons (Fsp3) is 0.421. The van der Waals surface area contributed by atoms with Crippen molar-refractivity contribution >= 4 is 23.3 Å². The van der Waals surface area contributed by atoms with Crippen molar-refractivity contribution in [1.82, 2.24) is 4.57 Å². The lowest BCUT2D eigenvalue weighted by Crippen LogP contribution is -2.18. The highest BCUT2D eigenvalue weighted by atomic mass is 16.5. The molecule has 0 aliphatic rings. The minimum absolute atomic E-state index is 0.250. The molecule has 1 heterocycles. The van der Waals surface area contributed by atoms with Crippen molar-refractivity contribution in [2.24, 2.45) is 5.73 Å². The first-order valence-electron chi connectivity index (χ1n) is 8.96. The van der Waals surface area contributed by atoms with E-state index in [-0.39, 0.29) is 12.0 Å². The second kappa shape index (κ2) is 13.3. The molecular weight excluding hydrogens is 384 g/mol. The van der Waals surface area contributed by atoms with Gasteiger partial charge in [-0.2, -0.15) is 0 Å². The summed E-state index contributed by atoms with van der Waals surface area (Å²) >= 11 is 0. The number of pyridine rings is 1. The number of carboxylic acids is 1. The molecule has 1 aromatic carbocycles. The van der Waals surface area contributed by atoms with Gasteiger partial charge in [-0.15, -0.1) is 0 Å². The molecule has 1 aromatic heterocycles. The summed E-state index contributed by atoms with van der Waals surface area (Å²) in [7, 11) is 0. The Morgan fingerprint density at radius 1 is 1.17 bits per heavy atom. The van der Waals surface area contributed by atoms with Crippen molar-refractivity contribution in [3.05, 3.63) is 40.2 Å². The molecule has 0 aliphatic carbocycles. The average Bonchev–Trinajstić information content (AvgIpc) is 2.71. The van der Waals surface area contributed by atoms with Crippen molar-refractivity contribution in [1.29, 1.82) is 0 Å². The Hall–Kier alpha value is -2.95. The van der Waals surface area contributed by atoms with Gasteiger partial charge in [0.05, 0.1) is 37.3 Å². The molecule has 10 nitrogen and oxygen atoms in total. The SMILES string of the molecule is CCn1cc(C(=O)O)c(=O)c2cc(OCCOCCOCCN)ccc21.O=CO. The first-order chi connectivity index (χ1) is 14.0. The van der Waals surface area contributed by atoms with Gasteiger partial charge in [0.25, 0.3) is 6.47 Å². The molecule has 10 heteroatoms. The summed E-state index contributed by atoms with van der Waals surface area (Å²) in [6, 6.07) is 5.07. The molecule has 0 fully saturated rings. The van der Waals surface area contributed by atoms with E-state index in [1.807, 2.05) is 6.92 Å². The van der Waals surface area contributed by atoms with Crippen LogP contribution in [0.15, 0.2) is 29.2 Å². The number of hydrogen-bond donors (Lipinski definition) is 3. The van der Waals surface area contributed by atoms with Crippen molar-refractivity contribution in [2.75, 3.05) is 39.6 Å². The van der Waals surface area contributed by atoms with Crippen LogP contribution in [-0.2, 0) is 20.8 Å². The molecule has 2 rings (SSSR count). The summed E-state index contributed by atoms with van der Waals surface area (Å²) in [6.45, 7) is 4.78. The summed E-state index contributed by atoms with van der Waals surface area (Å²) in [4.78, 5) is 32.0. The number of rotatable bonds is 11. The molecule has 160 valence electrons. The standard InChI is InChI=1S/C18H24N2O6.CH2O2/c1-2-20-12-15(18(22)23)17(21)14-11-13(3-4-16(14)20)26-10-9-25-8-7-24-6-5-19;2-1-3/h3-4,11-12H,2,5-10,19H2,1H3,(H,22,23);1H,(H,2,3). The van der Waals surface area contributed by atoms with Crippen molar-refractivity contribution in [3.8, 4) is 5.75 Å². The van der Waals surface area contributed by atoms with Crippen molar-refractivity contribution in [2.45, 2.75) is 13.5 Å². The van der Waals surface area contributed by atoms with Gasteiger partial charge in [0.1, 0.15) is 17.9 Å². The highest BCUT2D eigenvalue weighted by Gasteiger charge is 2.14. The van der Waals surface area contributed by atoms with Crippen LogP contribution in [0.5, 0.6) is 5.75 Å². The van der Waals surface area contributed by atoms with E-state index >= 15 is 0 Å². The zero-order chi connectivity index (χ0) is 21.6. The largest absolute Gasteiger partial charge is 0.491 e. The number of fused-ring (bicyclic) bond motifs is 1. The average molecular weight is 410 g/mol. The molecule has 0 saturated carbocycles. The van der Waals surface area contributed by atoms with Gasteiger partial charge < -0.3 is 34.7 Å². The number of nitrogens with two attached hydrogens (primary N) is 1. The van der Waals surface area contributed by atoms with Gasteiger partial charge in [0, 0.05) is 19.3 Å². The topological polar surface area (TPSA) is 150 Å². The molecule has 0 radical (unpaired) electrons. The minimum atomic E-state index is -1.24. The van der Waals surface area contributed by atoms with E-state index in [1.165, 1.54) is 6.20 Å². The third-order valence-electron chi connectivity index (χ3n) is 3.75. The predicted octanol–water partition coefficient (Wildman–Crippen LogP) is 0.791. The molecule has 0 aliphatic heterocycles. The van der Waals surface area contributed by atoms with Crippen molar-refractivity contribution in [3.63, 3.8) is 0 Å². The van der Waals surface area contributed by atoms with Gasteiger partial charge in [0.2, 0.25) is 5.43 Å². The van der Waals surface area contributed by atoms with Gasteiger partial charge in [-0.1, -0.05) is 0 Å². The van der Waals surface area contributed by atoms with E-state index < -0.39 is 11.4 Å². The number of hydrogen-bond acceptors (Lipinski definition) is 7. The summed E-state index contributed by atoms with van der Waals surface area (Å²) in [5, 5.41) is 16.4. The predicted molar refractivity (Wildman–Crippen MR) is 106 cm³/mol. The monoisotopic (exact) mass is 410 g/mol. The summed E-state index contributed by atoms with van der Waals surface area (Å²) in [5.41, 5.74) is 5.21. The minimum Gasteiger partial charge on any atom is -0.491 e. The van der Waals surface area contributed by atoms with E-state index in [9.17, 15) is 14.7 Å². The third-order valence-corrected chi connectivity index (χ3v) is 3.75. The highest BCUT2D eigenvalue weighted by Crippen LogP contribution is 2.19. The number of aromatic carboxylic acids is 1. The molecule has 0 bridgehead atoms. The lowest BCUT2D eigenvalue weighted by atomic mass is 10.1. The van der Waals surface area contributed by atoms with E-state index in [4.69, 9.17) is 29.8 Å². The molecule has 0 atom stereocenters. The molecule has 29 heavy (non-hydrogen) atoms. The van der Waals surface area contributed by atoms with Gasteiger partial charge in [-0.3, -0.25) is 9.59 Å². The summed E-state index contributed by atoms with van der Waals surface area (Å²) < 4.78 is 17.9. The second-order valence-electron chi connectivity index (χ2n) is 5.61. The van der Waals surface area contributed by atoms with Gasteiger partial charge in [0.15, 0.2) is 0 Å². The maximum atomic E-state index is 12.4. The smallest absolute Gasteiger partial charge is 0.341 e. The van der Waals surface area contributed by atoms with E-state index in [1.54, 1.807) is 22.8 Å². The van der Waals surface area contributed by atoms with Crippen LogP contribution in [0.1, 0.15) is 17.3 Å². The molecule has 4 N–H and O–H groups in total. The second-order valence-corrected chi connectivity index (χ2v) is 5.61. The fourth-order valence-corrected chi connectivity index (χ4v) is 2.50. The molecule has 0 unspecified atom stereocenters. The number of benzene rings is 1. The van der Waals surface area contributed by atoms with E-state index in [0.29, 0.717) is 62.8 Å². The summed E-state index contributed by atoms with van der Waals surface area (Å²) in [5.74, 6) is -0.751. The highest BCUT2D eigenvalue weighted by molar-refractivity contribution is 5.92. The molecule has 0 saturated heterocycles. The molecular formula is C19H26N2O8. The molecule has 0 amide bonds. The Morgan fingerprint density at radius 2 is 1.79 bits per heavy atom. The lowest BCUT2D eigenvalue weighted by molar-refractivity contribution is -0.122. The zero-order valence-electron chi connectivity index (χ0n) is 16.2. The van der Waals surface area contributed by atoms with Gasteiger partial charge in [-0.25, -0.2) is 4.79 Å². The number of carboxylic acid groups (broad SMARTS) is 2. The van der Waals surface area contributed by atoms with Crippen molar-refractivity contribution < 1.29 is 34.0 Å². The summed E-state index contributed by atoms with van der Waals surface area (Å²) in [6.07, 6.45) is 1.37. The Balaban J connectivity index is 0.00000132. The fourth-order valence-electron chi connectivity index (χ4n) is 2.50. The van der Waals surface area contributed by atoms with E-state index in [2.05, 4.69) is 0 Å². The Bertz CT molecular complexity index is 850. The third kappa shape index (κ3) is 7.53. The van der Waals surface area contributed by atoms with Crippen LogP contribution >= 0.6 is 0 Å². The number of carbonyl (C=O) groups is 2. The van der Waals surface area contributed by atoms with Crippen LogP contribution in [0.4, 0.5) is 0 Å². The Kier molecular flexibility index (Phi) is 11.0. The Morgan fingerprint density at radius 3 is 2.38 bits per heavy atom. The maximum Gasteiger partial charge on any atom is 0.341 e. The normalized spacial score (nSPS) is 10.3. The number of ether oxygens (including phenoxy) is 3. The zero-order valence-corrected chi connectivity index (χ0v) is 16.2. The van der Waals surface area contributed by atoms with Gasteiger partial charge >= 0.3 is 5.97 Å². The van der Waals surface area contributed by atoms with Crippen LogP contribution in [-0.4, -0.2) is 66.8 Å². The first kappa shape index (κ1) is 24.1. The number of aromatic nitrogens is 1. The lowest BCUT2D eigenvalue weighted by Gasteiger charge is -2.12. The number of nitrogens with zero attached hydrogens (tertiary/aromatic N) is 1. The van der Waals surface area contributed by atoms with Crippen LogP contribution in [0.2, 0.25) is 0 Å². The van der Waals surface area contributed by atoms with Crippen LogP contribution in [0.25, 0.3) is 10.9 Å². The maximum absolute atomic E-state index is 12.4. The number of aryl methyl sites for hydroxylation is 1. The van der Waals surface area contributed by atoms with E-state index in [0.717, 1.165) is 0 Å². The quantitative estimate of drug-likeness (QED) is 0.361. The van der Waals surface area contributed by atoms with Crippen LogP contribution < -0.4 is 15.9 Å². The van der Waals surface area contributed by atoms with Crippen LogP contribution in [0.3, 0.4) is 0 Å². The first-order valence-corrected chi connectivity index (χ1v) is 8.96. The van der Waals surface area contributed by atoms with Gasteiger partial charge in [-0.05, 0) is 25.1 Å².